The van der Waals surface area contributed by atoms with Crippen molar-refractivity contribution in [2.45, 2.75) is 31.3 Å². The van der Waals surface area contributed by atoms with E-state index in [1.165, 1.54) is 12.8 Å². The van der Waals surface area contributed by atoms with Crippen LogP contribution in [0.2, 0.25) is 0 Å². The number of aromatic carboxylic acids is 1. The molecule has 1 atom stereocenters. The first-order chi connectivity index (χ1) is 9.67. The maximum Gasteiger partial charge on any atom is 0.337 e. The van der Waals surface area contributed by atoms with Crippen molar-refractivity contribution in [2.24, 2.45) is 0 Å². The Kier molecular flexibility index (Phi) is 3.53. The highest BCUT2D eigenvalue weighted by molar-refractivity contribution is 5.94. The SMILES string of the molecule is COc1ccc(C(=O)O)c(NC2CCN(C3CC3)C2)c1. The second-order valence-electron chi connectivity index (χ2n) is 5.57. The minimum absolute atomic E-state index is 0.302. The molecule has 2 N–H and O–H groups in total. The Labute approximate surface area is 118 Å². The van der Waals surface area contributed by atoms with Crippen LogP contribution >= 0.6 is 0 Å². The molecular weight excluding hydrogens is 256 g/mol. The number of anilines is 1. The summed E-state index contributed by atoms with van der Waals surface area (Å²) in [4.78, 5) is 13.8. The van der Waals surface area contributed by atoms with Crippen molar-refractivity contribution in [1.29, 1.82) is 0 Å². The summed E-state index contributed by atoms with van der Waals surface area (Å²) >= 11 is 0. The lowest BCUT2D eigenvalue weighted by Gasteiger charge is -2.18. The monoisotopic (exact) mass is 276 g/mol. The van der Waals surface area contributed by atoms with Gasteiger partial charge in [-0.25, -0.2) is 4.79 Å². The van der Waals surface area contributed by atoms with Crippen LogP contribution in [0.3, 0.4) is 0 Å². The van der Waals surface area contributed by atoms with E-state index in [1.807, 2.05) is 0 Å². The van der Waals surface area contributed by atoms with Gasteiger partial charge in [-0.1, -0.05) is 0 Å². The summed E-state index contributed by atoms with van der Waals surface area (Å²) in [5.41, 5.74) is 0.954. The van der Waals surface area contributed by atoms with Gasteiger partial charge < -0.3 is 15.2 Å². The predicted molar refractivity (Wildman–Crippen MR) is 76.6 cm³/mol. The summed E-state index contributed by atoms with van der Waals surface area (Å²) in [6.07, 6.45) is 3.69. The zero-order valence-corrected chi connectivity index (χ0v) is 11.6. The lowest BCUT2D eigenvalue weighted by molar-refractivity contribution is 0.0698. The van der Waals surface area contributed by atoms with E-state index in [-0.39, 0.29) is 0 Å². The molecular formula is C15H20N2O3. The summed E-state index contributed by atoms with van der Waals surface area (Å²) in [7, 11) is 1.59. The van der Waals surface area contributed by atoms with Gasteiger partial charge in [0.05, 0.1) is 18.4 Å². The van der Waals surface area contributed by atoms with E-state index in [0.717, 1.165) is 25.6 Å². The summed E-state index contributed by atoms with van der Waals surface area (Å²) in [5, 5.41) is 12.6. The zero-order valence-electron chi connectivity index (χ0n) is 11.6. The van der Waals surface area contributed by atoms with Crippen molar-refractivity contribution in [2.75, 3.05) is 25.5 Å². The molecule has 3 rings (SSSR count). The molecule has 108 valence electrons. The second kappa shape index (κ2) is 5.32. The molecule has 1 heterocycles. The Balaban J connectivity index is 1.73. The number of nitrogens with one attached hydrogen (secondary N) is 1. The van der Waals surface area contributed by atoms with Crippen LogP contribution in [0, 0.1) is 0 Å². The van der Waals surface area contributed by atoms with Crippen LogP contribution in [0.15, 0.2) is 18.2 Å². The first-order valence-corrected chi connectivity index (χ1v) is 7.09. The van der Waals surface area contributed by atoms with Gasteiger partial charge in [-0.15, -0.1) is 0 Å². The maximum absolute atomic E-state index is 11.3. The fraction of sp³-hybridized carbons (Fsp3) is 0.533. The third-order valence-electron chi connectivity index (χ3n) is 4.10. The van der Waals surface area contributed by atoms with Gasteiger partial charge in [-0.2, -0.15) is 0 Å². The van der Waals surface area contributed by atoms with E-state index in [9.17, 15) is 9.90 Å². The average Bonchev–Trinajstić information content (AvgIpc) is 3.19. The topological polar surface area (TPSA) is 61.8 Å². The summed E-state index contributed by atoms with van der Waals surface area (Å²) in [6.45, 7) is 2.11. The van der Waals surface area contributed by atoms with Gasteiger partial charge in [0, 0.05) is 31.2 Å². The van der Waals surface area contributed by atoms with Crippen LogP contribution < -0.4 is 10.1 Å². The predicted octanol–water partition coefficient (Wildman–Crippen LogP) is 2.04. The summed E-state index contributed by atoms with van der Waals surface area (Å²) in [5.74, 6) is -0.234. The van der Waals surface area contributed by atoms with Gasteiger partial charge in [0.1, 0.15) is 5.75 Å². The van der Waals surface area contributed by atoms with Crippen LogP contribution in [-0.2, 0) is 0 Å². The molecule has 1 unspecified atom stereocenters. The molecule has 0 bridgehead atoms. The lowest BCUT2D eigenvalue weighted by atomic mass is 10.1. The average molecular weight is 276 g/mol. The second-order valence-corrected chi connectivity index (χ2v) is 5.57. The van der Waals surface area contributed by atoms with Crippen molar-refractivity contribution >= 4 is 11.7 Å². The van der Waals surface area contributed by atoms with E-state index in [4.69, 9.17) is 4.74 Å². The van der Waals surface area contributed by atoms with E-state index in [0.29, 0.717) is 23.0 Å². The summed E-state index contributed by atoms with van der Waals surface area (Å²) < 4.78 is 5.18. The Morgan fingerprint density at radius 3 is 2.85 bits per heavy atom. The Morgan fingerprint density at radius 1 is 1.40 bits per heavy atom. The highest BCUT2D eigenvalue weighted by Crippen LogP contribution is 2.31. The van der Waals surface area contributed by atoms with Crippen LogP contribution in [0.1, 0.15) is 29.6 Å². The number of methoxy groups -OCH3 is 1. The van der Waals surface area contributed by atoms with Gasteiger partial charge in [0.15, 0.2) is 0 Å². The molecule has 1 aliphatic heterocycles. The van der Waals surface area contributed by atoms with Crippen LogP contribution in [0.4, 0.5) is 5.69 Å². The van der Waals surface area contributed by atoms with Gasteiger partial charge in [0.2, 0.25) is 0 Å². The number of nitrogens with zero attached hydrogens (tertiary/aromatic N) is 1. The number of carboxylic acids is 1. The van der Waals surface area contributed by atoms with E-state index >= 15 is 0 Å². The van der Waals surface area contributed by atoms with Gasteiger partial charge in [-0.05, 0) is 31.4 Å². The number of carboxylic acid groups (broad SMARTS) is 1. The third-order valence-corrected chi connectivity index (χ3v) is 4.10. The molecule has 2 aliphatic rings. The lowest BCUT2D eigenvalue weighted by Crippen LogP contribution is -2.28. The van der Waals surface area contributed by atoms with Crippen molar-refractivity contribution in [3.8, 4) is 5.75 Å². The van der Waals surface area contributed by atoms with Crippen LogP contribution in [0.25, 0.3) is 0 Å². The van der Waals surface area contributed by atoms with E-state index in [2.05, 4.69) is 10.2 Å². The first kappa shape index (κ1) is 13.2. The number of ether oxygens (including phenoxy) is 1. The van der Waals surface area contributed by atoms with Gasteiger partial charge >= 0.3 is 5.97 Å². The number of hydrogen-bond acceptors (Lipinski definition) is 4. The van der Waals surface area contributed by atoms with Gasteiger partial charge in [0.25, 0.3) is 0 Å². The zero-order chi connectivity index (χ0) is 14.1. The maximum atomic E-state index is 11.3. The molecule has 0 aromatic heterocycles. The summed E-state index contributed by atoms with van der Waals surface area (Å²) in [6, 6.07) is 6.13. The molecule has 20 heavy (non-hydrogen) atoms. The van der Waals surface area contributed by atoms with Crippen LogP contribution in [-0.4, -0.2) is 48.3 Å². The normalized spacial score (nSPS) is 22.8. The first-order valence-electron chi connectivity index (χ1n) is 7.09. The number of likely N-dealkylation sites (tertiary alicyclic amines) is 1. The molecule has 5 heteroatoms. The molecule has 1 saturated heterocycles. The number of hydrogen-bond donors (Lipinski definition) is 2. The Morgan fingerprint density at radius 2 is 2.20 bits per heavy atom. The molecule has 0 spiro atoms. The molecule has 1 aromatic rings. The molecule has 0 radical (unpaired) electrons. The Bertz CT molecular complexity index is 514. The number of benzene rings is 1. The minimum atomic E-state index is -0.910. The van der Waals surface area contributed by atoms with Crippen molar-refractivity contribution < 1.29 is 14.6 Å². The Hall–Kier alpha value is -1.75. The highest BCUT2D eigenvalue weighted by atomic mass is 16.5. The fourth-order valence-corrected chi connectivity index (χ4v) is 2.85. The van der Waals surface area contributed by atoms with E-state index < -0.39 is 5.97 Å². The highest BCUT2D eigenvalue weighted by Gasteiger charge is 2.34. The quantitative estimate of drug-likeness (QED) is 0.861. The van der Waals surface area contributed by atoms with Crippen molar-refractivity contribution in [1.82, 2.24) is 4.90 Å². The standard InChI is InChI=1S/C15H20N2O3/c1-20-12-4-5-13(15(18)19)14(8-12)16-10-6-7-17(9-10)11-2-3-11/h4-5,8,10-11,16H,2-3,6-7,9H2,1H3,(H,18,19). The number of carbonyl (C=O) groups is 1. The van der Waals surface area contributed by atoms with Crippen molar-refractivity contribution in [3.63, 3.8) is 0 Å². The molecule has 5 nitrogen and oxygen atoms in total. The smallest absolute Gasteiger partial charge is 0.337 e. The fourth-order valence-electron chi connectivity index (χ4n) is 2.85. The molecule has 1 aromatic carbocycles. The van der Waals surface area contributed by atoms with Crippen molar-refractivity contribution in [3.05, 3.63) is 23.8 Å². The molecule has 1 aliphatic carbocycles. The van der Waals surface area contributed by atoms with E-state index in [1.54, 1.807) is 25.3 Å². The third kappa shape index (κ3) is 2.72. The molecule has 2 fully saturated rings. The van der Waals surface area contributed by atoms with Gasteiger partial charge in [-0.3, -0.25) is 4.90 Å². The molecule has 1 saturated carbocycles. The molecule has 0 amide bonds. The minimum Gasteiger partial charge on any atom is -0.497 e. The largest absolute Gasteiger partial charge is 0.497 e. The van der Waals surface area contributed by atoms with Crippen LogP contribution in [0.5, 0.6) is 5.75 Å². The number of rotatable bonds is 5.